The maximum atomic E-state index is 11.6. The highest BCUT2D eigenvalue weighted by Crippen LogP contribution is 2.26. The van der Waals surface area contributed by atoms with Crippen molar-refractivity contribution in [2.75, 3.05) is 0 Å². The second-order valence-corrected chi connectivity index (χ2v) is 9.95. The van der Waals surface area contributed by atoms with E-state index in [0.29, 0.717) is 24.5 Å². The molecule has 0 bridgehead atoms. The summed E-state index contributed by atoms with van der Waals surface area (Å²) >= 11 is 1.34. The van der Waals surface area contributed by atoms with Crippen LogP contribution in [0.4, 0.5) is 0 Å². The van der Waals surface area contributed by atoms with Gasteiger partial charge in [0.05, 0.1) is 4.88 Å². The summed E-state index contributed by atoms with van der Waals surface area (Å²) in [5, 5.41) is 25.7. The van der Waals surface area contributed by atoms with Crippen LogP contribution in [0.3, 0.4) is 0 Å². The third kappa shape index (κ3) is 6.14. The Morgan fingerprint density at radius 1 is 0.938 bits per heavy atom. The lowest BCUT2D eigenvalue weighted by Crippen LogP contribution is -2.46. The molecule has 0 saturated heterocycles. The molecule has 1 aromatic heterocycles. The number of hydrogen-bond acceptors (Lipinski definition) is 6. The number of carbonyl (C=O) groups excluding carboxylic acids is 1. The highest BCUT2D eigenvalue weighted by Gasteiger charge is 2.30. The number of thiophene rings is 1. The highest BCUT2D eigenvalue weighted by molar-refractivity contribution is 7.20. The van der Waals surface area contributed by atoms with Crippen molar-refractivity contribution in [3.63, 3.8) is 0 Å². The van der Waals surface area contributed by atoms with E-state index in [1.807, 2.05) is 63.2 Å². The average Bonchev–Trinajstić information content (AvgIpc) is 3.16. The first-order chi connectivity index (χ1) is 15.2. The first kappa shape index (κ1) is 23.9. The van der Waals surface area contributed by atoms with E-state index in [4.69, 9.17) is 5.21 Å². The first-order valence-electron chi connectivity index (χ1n) is 10.4. The molecule has 1 atom stereocenters. The van der Waals surface area contributed by atoms with Gasteiger partial charge in [-0.1, -0.05) is 57.2 Å². The minimum Gasteiger partial charge on any atom is -0.480 e. The zero-order valence-electron chi connectivity index (χ0n) is 18.4. The van der Waals surface area contributed by atoms with E-state index in [2.05, 4.69) is 10.6 Å². The first-order valence-corrected chi connectivity index (χ1v) is 11.2. The molecule has 8 heteroatoms. The summed E-state index contributed by atoms with van der Waals surface area (Å²) in [5.41, 5.74) is 4.58. The second-order valence-electron chi connectivity index (χ2n) is 8.86. The van der Waals surface area contributed by atoms with E-state index in [9.17, 15) is 14.7 Å². The van der Waals surface area contributed by atoms with Crippen LogP contribution in [0, 0.1) is 5.41 Å². The predicted molar refractivity (Wildman–Crippen MR) is 126 cm³/mol. The molecule has 170 valence electrons. The molecule has 0 aliphatic carbocycles. The van der Waals surface area contributed by atoms with Crippen molar-refractivity contribution in [2.45, 2.75) is 46.4 Å². The van der Waals surface area contributed by atoms with Crippen molar-refractivity contribution in [1.29, 1.82) is 0 Å². The van der Waals surface area contributed by atoms with Gasteiger partial charge in [-0.15, -0.1) is 11.3 Å². The number of hydrogen-bond donors (Lipinski definition) is 5. The smallest absolute Gasteiger partial charge is 0.321 e. The van der Waals surface area contributed by atoms with Gasteiger partial charge in [0.1, 0.15) is 6.04 Å². The minimum atomic E-state index is -0.841. The quantitative estimate of drug-likeness (QED) is 0.247. The van der Waals surface area contributed by atoms with Crippen molar-refractivity contribution >= 4 is 33.3 Å². The predicted octanol–water partition coefficient (Wildman–Crippen LogP) is 3.90. The van der Waals surface area contributed by atoms with Crippen LogP contribution < -0.4 is 16.1 Å². The SMILES string of the molecule is CC(C)(C)[C@H](NCc1ccc(CNCc2ccc3cc(C(=O)NO)sc3c2)cc1)C(=O)O. The molecule has 0 radical (unpaired) electrons. The van der Waals surface area contributed by atoms with E-state index in [-0.39, 0.29) is 5.41 Å². The summed E-state index contributed by atoms with van der Waals surface area (Å²) in [7, 11) is 0. The number of benzene rings is 2. The zero-order chi connectivity index (χ0) is 23.3. The van der Waals surface area contributed by atoms with Gasteiger partial charge in [-0.25, -0.2) is 5.48 Å². The number of hydroxylamine groups is 1. The number of carboxylic acids is 1. The standard InChI is InChI=1S/C24H29N3O4S/c1-24(2,3)21(23(29)30)26-14-16-6-4-15(5-7-16)12-25-13-17-8-9-18-11-20(22(28)27-31)32-19(18)10-17/h4-11,21,25-26,31H,12-14H2,1-3H3,(H,27,28)(H,29,30)/t21-/m1/s1. The molecular formula is C24H29N3O4S. The second kappa shape index (κ2) is 10.2. The molecule has 0 unspecified atom stereocenters. The lowest BCUT2D eigenvalue weighted by Gasteiger charge is -2.28. The number of carboxylic acid groups (broad SMARTS) is 1. The lowest BCUT2D eigenvalue weighted by atomic mass is 9.86. The van der Waals surface area contributed by atoms with Gasteiger partial charge in [0.2, 0.25) is 0 Å². The molecule has 0 spiro atoms. The monoisotopic (exact) mass is 455 g/mol. The fourth-order valence-corrected chi connectivity index (χ4v) is 4.48. The molecule has 0 aliphatic heterocycles. The largest absolute Gasteiger partial charge is 0.480 e. The van der Waals surface area contributed by atoms with Gasteiger partial charge >= 0.3 is 5.97 Å². The Hall–Kier alpha value is -2.78. The lowest BCUT2D eigenvalue weighted by molar-refractivity contribution is -0.142. The van der Waals surface area contributed by atoms with Gasteiger partial charge < -0.3 is 10.4 Å². The Kier molecular flexibility index (Phi) is 7.63. The summed E-state index contributed by atoms with van der Waals surface area (Å²) in [6.07, 6.45) is 0. The van der Waals surface area contributed by atoms with Crippen LogP contribution in [0.2, 0.25) is 0 Å². The number of rotatable bonds is 9. The molecule has 0 aliphatic rings. The van der Waals surface area contributed by atoms with Gasteiger partial charge in [-0.05, 0) is 39.6 Å². The maximum Gasteiger partial charge on any atom is 0.321 e. The Morgan fingerprint density at radius 3 is 2.12 bits per heavy atom. The number of nitrogens with one attached hydrogen (secondary N) is 3. The van der Waals surface area contributed by atoms with Gasteiger partial charge in [0.25, 0.3) is 5.91 Å². The van der Waals surface area contributed by atoms with E-state index in [1.54, 1.807) is 11.5 Å². The fourth-order valence-electron chi connectivity index (χ4n) is 3.46. The Bertz CT molecular complexity index is 1090. The molecule has 0 fully saturated rings. The number of fused-ring (bicyclic) bond motifs is 1. The molecule has 0 saturated carbocycles. The average molecular weight is 456 g/mol. The molecule has 32 heavy (non-hydrogen) atoms. The van der Waals surface area contributed by atoms with E-state index in [1.165, 1.54) is 11.3 Å². The van der Waals surface area contributed by atoms with Crippen molar-refractivity contribution in [3.8, 4) is 0 Å². The van der Waals surface area contributed by atoms with Crippen LogP contribution in [0.1, 0.15) is 47.1 Å². The van der Waals surface area contributed by atoms with Gasteiger partial charge in [-0.3, -0.25) is 20.1 Å². The molecule has 3 rings (SSSR count). The van der Waals surface area contributed by atoms with Crippen molar-refractivity contribution in [3.05, 3.63) is 70.1 Å². The summed E-state index contributed by atoms with van der Waals surface area (Å²) in [4.78, 5) is 23.5. The molecule has 2 aromatic carbocycles. The van der Waals surface area contributed by atoms with Gasteiger partial charge in [0.15, 0.2) is 0 Å². The molecule has 1 amide bonds. The molecular weight excluding hydrogens is 426 g/mol. The number of aliphatic carboxylic acids is 1. The van der Waals surface area contributed by atoms with E-state index < -0.39 is 17.9 Å². The highest BCUT2D eigenvalue weighted by atomic mass is 32.1. The van der Waals surface area contributed by atoms with Crippen LogP contribution in [0.15, 0.2) is 48.5 Å². The summed E-state index contributed by atoms with van der Waals surface area (Å²) in [5.74, 6) is -1.34. The Morgan fingerprint density at radius 2 is 1.53 bits per heavy atom. The Balaban J connectivity index is 1.52. The van der Waals surface area contributed by atoms with Crippen LogP contribution in [0.5, 0.6) is 0 Å². The summed E-state index contributed by atoms with van der Waals surface area (Å²) in [6.45, 7) is 7.62. The summed E-state index contributed by atoms with van der Waals surface area (Å²) < 4.78 is 0.995. The summed E-state index contributed by atoms with van der Waals surface area (Å²) in [6, 6.07) is 15.3. The van der Waals surface area contributed by atoms with Gasteiger partial charge in [-0.2, -0.15) is 0 Å². The van der Waals surface area contributed by atoms with Crippen LogP contribution >= 0.6 is 11.3 Å². The number of carbonyl (C=O) groups is 2. The third-order valence-electron chi connectivity index (χ3n) is 5.21. The van der Waals surface area contributed by atoms with E-state index >= 15 is 0 Å². The Labute approximate surface area is 191 Å². The zero-order valence-corrected chi connectivity index (χ0v) is 19.3. The normalized spacial score (nSPS) is 12.6. The van der Waals surface area contributed by atoms with Crippen molar-refractivity contribution in [1.82, 2.24) is 16.1 Å². The number of amides is 1. The van der Waals surface area contributed by atoms with Crippen LogP contribution in [-0.2, 0) is 24.4 Å². The molecule has 3 aromatic rings. The van der Waals surface area contributed by atoms with Crippen LogP contribution in [0.25, 0.3) is 10.1 Å². The van der Waals surface area contributed by atoms with Gasteiger partial charge in [0, 0.05) is 24.3 Å². The topological polar surface area (TPSA) is 111 Å². The van der Waals surface area contributed by atoms with Crippen molar-refractivity contribution < 1.29 is 19.9 Å². The fraction of sp³-hybridized carbons (Fsp3) is 0.333. The van der Waals surface area contributed by atoms with Crippen molar-refractivity contribution in [2.24, 2.45) is 5.41 Å². The molecule has 5 N–H and O–H groups in total. The minimum absolute atomic E-state index is 0.366. The van der Waals surface area contributed by atoms with E-state index in [0.717, 1.165) is 26.8 Å². The molecule has 7 nitrogen and oxygen atoms in total. The third-order valence-corrected chi connectivity index (χ3v) is 6.31. The molecule has 1 heterocycles. The maximum absolute atomic E-state index is 11.6. The van der Waals surface area contributed by atoms with Crippen LogP contribution in [-0.4, -0.2) is 28.2 Å².